The fraction of sp³-hybridized carbons (Fsp3) is 0.500. The van der Waals surface area contributed by atoms with E-state index in [9.17, 15) is 4.79 Å². The van der Waals surface area contributed by atoms with E-state index in [1.807, 2.05) is 19.1 Å². The Bertz CT molecular complexity index is 293. The fourth-order valence-corrected chi connectivity index (χ4v) is 2.04. The third kappa shape index (κ3) is 11.3. The molecule has 96 valence electrons. The predicted octanol–water partition coefficient (Wildman–Crippen LogP) is 3.80. The van der Waals surface area contributed by atoms with E-state index >= 15 is 0 Å². The van der Waals surface area contributed by atoms with E-state index < -0.39 is 0 Å². The maximum absolute atomic E-state index is 10.7. The number of thioether (sulfide) groups is 1. The van der Waals surface area contributed by atoms with Gasteiger partial charge < -0.3 is 5.73 Å². The molecule has 0 aromatic rings. The van der Waals surface area contributed by atoms with Crippen LogP contribution in [-0.2, 0) is 4.79 Å². The molecule has 0 aliphatic rings. The highest BCUT2D eigenvalue weighted by molar-refractivity contribution is 8.03. The highest BCUT2D eigenvalue weighted by Gasteiger charge is 1.96. The van der Waals surface area contributed by atoms with Gasteiger partial charge in [0.15, 0.2) is 0 Å². The molecular formula is C14H23NOS. The summed E-state index contributed by atoms with van der Waals surface area (Å²) in [5, 5.41) is 0. The quantitative estimate of drug-likeness (QED) is 0.501. The molecule has 0 radical (unpaired) electrons. The number of carbonyl (C=O) groups excluding carboxylic acids is 1. The molecular weight excluding hydrogens is 230 g/mol. The summed E-state index contributed by atoms with van der Waals surface area (Å²) >= 11 is 1.67. The topological polar surface area (TPSA) is 43.1 Å². The molecule has 0 unspecified atom stereocenters. The lowest BCUT2D eigenvalue weighted by Crippen LogP contribution is -2.10. The molecule has 0 aliphatic heterocycles. The van der Waals surface area contributed by atoms with E-state index in [1.165, 1.54) is 17.7 Å². The number of carbonyl (C=O) groups is 1. The number of rotatable bonds is 9. The molecule has 0 saturated heterocycles. The minimum Gasteiger partial charge on any atom is -0.370 e. The summed E-state index contributed by atoms with van der Waals surface area (Å²) in [6.45, 7) is 4.18. The SMILES string of the molecule is CC=CC=C(C=CCCCC)SCCC(N)=O. The maximum Gasteiger partial charge on any atom is 0.218 e. The molecule has 0 fully saturated rings. The van der Waals surface area contributed by atoms with Crippen molar-refractivity contribution in [1.82, 2.24) is 0 Å². The Balaban J connectivity index is 4.14. The number of amides is 1. The molecule has 0 aromatic carbocycles. The zero-order valence-electron chi connectivity index (χ0n) is 10.8. The van der Waals surface area contributed by atoms with Gasteiger partial charge in [-0.25, -0.2) is 0 Å². The van der Waals surface area contributed by atoms with E-state index in [-0.39, 0.29) is 5.91 Å². The summed E-state index contributed by atoms with van der Waals surface area (Å²) in [5.41, 5.74) is 5.11. The number of nitrogens with two attached hydrogens (primary N) is 1. The van der Waals surface area contributed by atoms with Crippen LogP contribution in [0.4, 0.5) is 0 Å². The van der Waals surface area contributed by atoms with Crippen LogP contribution in [0.5, 0.6) is 0 Å². The van der Waals surface area contributed by atoms with Gasteiger partial charge in [0.05, 0.1) is 0 Å². The smallest absolute Gasteiger partial charge is 0.218 e. The second-order valence-electron chi connectivity index (χ2n) is 3.70. The summed E-state index contributed by atoms with van der Waals surface area (Å²) in [4.78, 5) is 11.8. The lowest BCUT2D eigenvalue weighted by atomic mass is 10.2. The minimum atomic E-state index is -0.238. The maximum atomic E-state index is 10.7. The highest BCUT2D eigenvalue weighted by Crippen LogP contribution is 2.18. The van der Waals surface area contributed by atoms with Gasteiger partial charge in [-0.2, -0.15) is 0 Å². The van der Waals surface area contributed by atoms with E-state index in [0.29, 0.717) is 6.42 Å². The molecule has 0 atom stereocenters. The van der Waals surface area contributed by atoms with Gasteiger partial charge in [-0.1, -0.05) is 44.1 Å². The van der Waals surface area contributed by atoms with Crippen molar-refractivity contribution in [3.05, 3.63) is 35.3 Å². The number of primary amides is 1. The second kappa shape index (κ2) is 11.5. The van der Waals surface area contributed by atoms with Crippen molar-refractivity contribution >= 4 is 17.7 Å². The first kappa shape index (κ1) is 16.0. The molecule has 2 N–H and O–H groups in total. The molecule has 0 aliphatic carbocycles. The third-order valence-electron chi connectivity index (χ3n) is 2.08. The van der Waals surface area contributed by atoms with Crippen LogP contribution in [0.25, 0.3) is 0 Å². The van der Waals surface area contributed by atoms with Crippen molar-refractivity contribution in [2.24, 2.45) is 5.73 Å². The second-order valence-corrected chi connectivity index (χ2v) is 4.87. The average molecular weight is 253 g/mol. The van der Waals surface area contributed by atoms with Gasteiger partial charge in [0, 0.05) is 17.1 Å². The van der Waals surface area contributed by atoms with Crippen molar-refractivity contribution in [2.75, 3.05) is 5.75 Å². The van der Waals surface area contributed by atoms with E-state index in [1.54, 1.807) is 11.8 Å². The molecule has 0 saturated carbocycles. The summed E-state index contributed by atoms with van der Waals surface area (Å²) in [6.07, 6.45) is 14.4. The van der Waals surface area contributed by atoms with Crippen molar-refractivity contribution in [1.29, 1.82) is 0 Å². The Labute approximate surface area is 109 Å². The summed E-state index contributed by atoms with van der Waals surface area (Å²) in [6, 6.07) is 0. The highest BCUT2D eigenvalue weighted by atomic mass is 32.2. The Morgan fingerprint density at radius 3 is 2.76 bits per heavy atom. The first-order chi connectivity index (χ1) is 8.20. The molecule has 0 heterocycles. The van der Waals surface area contributed by atoms with Gasteiger partial charge >= 0.3 is 0 Å². The molecule has 0 bridgehead atoms. The fourth-order valence-electron chi connectivity index (χ4n) is 1.13. The van der Waals surface area contributed by atoms with Gasteiger partial charge in [0.1, 0.15) is 0 Å². The Morgan fingerprint density at radius 2 is 2.18 bits per heavy atom. The number of allylic oxidation sites excluding steroid dienone is 5. The van der Waals surface area contributed by atoms with Gasteiger partial charge in [0.2, 0.25) is 5.91 Å². The monoisotopic (exact) mass is 253 g/mol. The molecule has 0 spiro atoms. The Morgan fingerprint density at radius 1 is 1.41 bits per heavy atom. The predicted molar refractivity (Wildman–Crippen MR) is 77.8 cm³/mol. The van der Waals surface area contributed by atoms with Crippen molar-refractivity contribution in [3.8, 4) is 0 Å². The Hall–Kier alpha value is -0.960. The number of hydrogen-bond acceptors (Lipinski definition) is 2. The molecule has 17 heavy (non-hydrogen) atoms. The zero-order chi connectivity index (χ0) is 12.9. The van der Waals surface area contributed by atoms with Gasteiger partial charge in [-0.3, -0.25) is 4.79 Å². The van der Waals surface area contributed by atoms with Crippen LogP contribution >= 0.6 is 11.8 Å². The lowest BCUT2D eigenvalue weighted by Gasteiger charge is -2.00. The minimum absolute atomic E-state index is 0.238. The van der Waals surface area contributed by atoms with E-state index in [0.717, 1.165) is 12.2 Å². The first-order valence-electron chi connectivity index (χ1n) is 6.11. The number of unbranched alkanes of at least 4 members (excludes halogenated alkanes) is 2. The molecule has 0 aromatic heterocycles. The van der Waals surface area contributed by atoms with Gasteiger partial charge in [-0.05, 0) is 19.4 Å². The van der Waals surface area contributed by atoms with Crippen LogP contribution in [0.15, 0.2) is 35.3 Å². The Kier molecular flexibility index (Phi) is 10.9. The third-order valence-corrected chi connectivity index (χ3v) is 3.09. The first-order valence-corrected chi connectivity index (χ1v) is 7.09. The number of hydrogen-bond donors (Lipinski definition) is 1. The van der Waals surface area contributed by atoms with Crippen LogP contribution in [0.1, 0.15) is 39.5 Å². The van der Waals surface area contributed by atoms with Gasteiger partial charge in [0.25, 0.3) is 0 Å². The van der Waals surface area contributed by atoms with E-state index in [2.05, 4.69) is 25.2 Å². The summed E-state index contributed by atoms with van der Waals surface area (Å²) in [7, 11) is 0. The molecule has 1 amide bonds. The molecule has 2 nitrogen and oxygen atoms in total. The average Bonchev–Trinajstić information content (AvgIpc) is 2.30. The summed E-state index contributed by atoms with van der Waals surface area (Å²) < 4.78 is 0. The lowest BCUT2D eigenvalue weighted by molar-refractivity contribution is -0.117. The van der Waals surface area contributed by atoms with Crippen molar-refractivity contribution in [2.45, 2.75) is 39.5 Å². The van der Waals surface area contributed by atoms with Crippen LogP contribution < -0.4 is 5.73 Å². The molecule has 0 rings (SSSR count). The van der Waals surface area contributed by atoms with E-state index in [4.69, 9.17) is 5.73 Å². The van der Waals surface area contributed by atoms with Gasteiger partial charge in [-0.15, -0.1) is 11.8 Å². The summed E-state index contributed by atoms with van der Waals surface area (Å²) in [5.74, 6) is 0.509. The largest absolute Gasteiger partial charge is 0.370 e. The zero-order valence-corrected chi connectivity index (χ0v) is 11.6. The van der Waals surface area contributed by atoms with Crippen LogP contribution in [-0.4, -0.2) is 11.7 Å². The normalized spacial score (nSPS) is 12.7. The van der Waals surface area contributed by atoms with Crippen LogP contribution in [0, 0.1) is 0 Å². The van der Waals surface area contributed by atoms with Crippen LogP contribution in [0.2, 0.25) is 0 Å². The van der Waals surface area contributed by atoms with Crippen molar-refractivity contribution in [3.63, 3.8) is 0 Å². The standard InChI is InChI=1S/C14H23NOS/c1-3-5-7-8-10-13(9-6-4-2)17-12-11-14(15)16/h4,6,8-10H,3,5,7,11-12H2,1-2H3,(H2,15,16). The van der Waals surface area contributed by atoms with Crippen molar-refractivity contribution < 1.29 is 4.79 Å². The molecule has 3 heteroatoms. The van der Waals surface area contributed by atoms with Crippen LogP contribution in [0.3, 0.4) is 0 Å².